The summed E-state index contributed by atoms with van der Waals surface area (Å²) in [4.78, 5) is 11.9. The number of amides is 1. The van der Waals surface area contributed by atoms with Crippen molar-refractivity contribution in [3.63, 3.8) is 0 Å². The minimum atomic E-state index is -4.63. The maximum Gasteiger partial charge on any atom is 0.389 e. The molecular formula is C16H14BrClF4N2O3S2. The number of rotatable bonds is 8. The van der Waals surface area contributed by atoms with Crippen molar-refractivity contribution in [1.29, 1.82) is 0 Å². The number of hydrogen-bond donors (Lipinski definition) is 1. The molecule has 13 heteroatoms. The van der Waals surface area contributed by atoms with Gasteiger partial charge in [-0.15, -0.1) is 11.3 Å². The molecule has 0 radical (unpaired) electrons. The van der Waals surface area contributed by atoms with E-state index in [2.05, 4.69) is 15.9 Å². The van der Waals surface area contributed by atoms with Crippen LogP contribution >= 0.6 is 38.9 Å². The van der Waals surface area contributed by atoms with Crippen molar-refractivity contribution in [2.45, 2.75) is 35.8 Å². The van der Waals surface area contributed by atoms with Gasteiger partial charge in [0.1, 0.15) is 16.1 Å². The summed E-state index contributed by atoms with van der Waals surface area (Å²) in [6.07, 6.45) is -6.93. The number of thiophene rings is 1. The zero-order valence-corrected chi connectivity index (χ0v) is 18.4. The van der Waals surface area contributed by atoms with Gasteiger partial charge in [0.05, 0.1) is 8.81 Å². The molecule has 1 heterocycles. The summed E-state index contributed by atoms with van der Waals surface area (Å²) in [5.41, 5.74) is 5.36. The summed E-state index contributed by atoms with van der Waals surface area (Å²) in [6, 6.07) is 4.36. The van der Waals surface area contributed by atoms with E-state index in [1.54, 1.807) is 0 Å². The average Bonchev–Trinajstić information content (AvgIpc) is 3.03. The van der Waals surface area contributed by atoms with Crippen LogP contribution in [-0.2, 0) is 21.4 Å². The minimum absolute atomic E-state index is 0.115. The molecule has 2 N–H and O–H groups in total. The highest BCUT2D eigenvalue weighted by molar-refractivity contribution is 9.10. The van der Waals surface area contributed by atoms with Crippen molar-refractivity contribution in [3.8, 4) is 0 Å². The third kappa shape index (κ3) is 6.38. The van der Waals surface area contributed by atoms with Gasteiger partial charge >= 0.3 is 6.18 Å². The highest BCUT2D eigenvalue weighted by Crippen LogP contribution is 2.32. The molecule has 1 aromatic heterocycles. The number of halogens is 6. The lowest BCUT2D eigenvalue weighted by Gasteiger charge is -2.29. The van der Waals surface area contributed by atoms with Gasteiger partial charge in [0.25, 0.3) is 10.0 Å². The molecule has 0 aliphatic carbocycles. The standard InChI is InChI=1S/C16H14BrClF4N2O3S2/c17-10-2-1-9(7-11(10)19)8-24(12(15(23)25)5-6-16(20,21)22)29(26,27)14-4-3-13(18)28-14/h1-4,7,12H,5-6,8H2,(H2,23,25)/t12-/m1/s1. The molecule has 29 heavy (non-hydrogen) atoms. The van der Waals surface area contributed by atoms with E-state index in [4.69, 9.17) is 17.3 Å². The molecule has 0 bridgehead atoms. The summed E-state index contributed by atoms with van der Waals surface area (Å²) in [5, 5.41) is 0. The van der Waals surface area contributed by atoms with E-state index in [1.807, 2.05) is 0 Å². The van der Waals surface area contributed by atoms with Gasteiger partial charge in [-0.05, 0) is 52.2 Å². The number of sulfonamides is 1. The first-order valence-corrected chi connectivity index (χ1v) is 11.3. The van der Waals surface area contributed by atoms with E-state index in [9.17, 15) is 30.8 Å². The lowest BCUT2D eigenvalue weighted by Crippen LogP contribution is -2.47. The Morgan fingerprint density at radius 2 is 1.93 bits per heavy atom. The molecule has 1 aromatic carbocycles. The fourth-order valence-electron chi connectivity index (χ4n) is 2.46. The Bertz CT molecular complexity index is 998. The number of carbonyl (C=O) groups excluding carboxylic acids is 1. The highest BCUT2D eigenvalue weighted by Gasteiger charge is 2.39. The van der Waals surface area contributed by atoms with Gasteiger partial charge in [-0.25, -0.2) is 12.8 Å². The van der Waals surface area contributed by atoms with Crippen molar-refractivity contribution in [3.05, 3.63) is 50.5 Å². The van der Waals surface area contributed by atoms with Crippen molar-refractivity contribution in [2.75, 3.05) is 0 Å². The number of hydrogen-bond acceptors (Lipinski definition) is 4. The molecule has 2 rings (SSSR count). The Kier molecular flexibility index (Phi) is 7.71. The third-order valence-corrected chi connectivity index (χ3v) is 8.01. The van der Waals surface area contributed by atoms with Crippen molar-refractivity contribution in [1.82, 2.24) is 4.31 Å². The van der Waals surface area contributed by atoms with E-state index < -0.39 is 53.4 Å². The fraction of sp³-hybridized carbons (Fsp3) is 0.312. The molecule has 1 atom stereocenters. The molecule has 0 aliphatic heterocycles. The quantitative estimate of drug-likeness (QED) is 0.496. The van der Waals surface area contributed by atoms with E-state index in [1.165, 1.54) is 24.3 Å². The van der Waals surface area contributed by atoms with Crippen LogP contribution in [0.15, 0.2) is 39.0 Å². The first kappa shape index (κ1) is 24.1. The Labute approximate surface area is 181 Å². The van der Waals surface area contributed by atoms with Gasteiger partial charge in [0.15, 0.2) is 0 Å². The SMILES string of the molecule is NC(=O)[C@@H](CCC(F)(F)F)N(Cc1ccc(Br)c(F)c1)S(=O)(=O)c1ccc(Cl)s1. The maximum absolute atomic E-state index is 13.8. The van der Waals surface area contributed by atoms with Gasteiger partial charge in [0.2, 0.25) is 5.91 Å². The van der Waals surface area contributed by atoms with Gasteiger partial charge < -0.3 is 5.73 Å². The average molecular weight is 538 g/mol. The number of carbonyl (C=O) groups is 1. The van der Waals surface area contributed by atoms with E-state index >= 15 is 0 Å². The summed E-state index contributed by atoms with van der Waals surface area (Å²) in [6.45, 7) is -0.562. The fourth-order valence-corrected chi connectivity index (χ4v) is 5.93. The van der Waals surface area contributed by atoms with Gasteiger partial charge in [-0.2, -0.15) is 17.5 Å². The van der Waals surface area contributed by atoms with Crippen LogP contribution in [0.4, 0.5) is 17.6 Å². The second kappa shape index (κ2) is 9.29. The summed E-state index contributed by atoms with van der Waals surface area (Å²) in [5.74, 6) is -1.96. The summed E-state index contributed by atoms with van der Waals surface area (Å²) < 4.78 is 78.6. The van der Waals surface area contributed by atoms with Crippen LogP contribution in [0.3, 0.4) is 0 Å². The van der Waals surface area contributed by atoms with Gasteiger partial charge in [0, 0.05) is 13.0 Å². The first-order valence-electron chi connectivity index (χ1n) is 7.88. The Balaban J connectivity index is 2.50. The van der Waals surface area contributed by atoms with E-state index in [-0.39, 0.29) is 18.6 Å². The van der Waals surface area contributed by atoms with Crippen LogP contribution in [0.25, 0.3) is 0 Å². The zero-order valence-electron chi connectivity index (χ0n) is 14.4. The predicted molar refractivity (Wildman–Crippen MR) is 104 cm³/mol. The Morgan fingerprint density at radius 3 is 2.41 bits per heavy atom. The third-order valence-electron chi connectivity index (χ3n) is 3.81. The van der Waals surface area contributed by atoms with Crippen LogP contribution in [0.5, 0.6) is 0 Å². The van der Waals surface area contributed by atoms with Gasteiger partial charge in [-0.3, -0.25) is 4.79 Å². The van der Waals surface area contributed by atoms with Crippen LogP contribution in [-0.4, -0.2) is 30.8 Å². The zero-order chi connectivity index (χ0) is 22.0. The molecule has 0 aliphatic rings. The largest absolute Gasteiger partial charge is 0.389 e. The number of nitrogens with zero attached hydrogens (tertiary/aromatic N) is 1. The maximum atomic E-state index is 13.8. The number of benzene rings is 1. The van der Waals surface area contributed by atoms with Crippen LogP contribution in [0, 0.1) is 5.82 Å². The molecule has 2 aromatic rings. The first-order chi connectivity index (χ1) is 13.3. The smallest absolute Gasteiger partial charge is 0.368 e. The molecule has 5 nitrogen and oxygen atoms in total. The second-order valence-electron chi connectivity index (χ2n) is 5.93. The molecule has 1 amide bonds. The lowest BCUT2D eigenvalue weighted by molar-refractivity contribution is -0.140. The molecular weight excluding hydrogens is 524 g/mol. The van der Waals surface area contributed by atoms with Crippen LogP contribution in [0.2, 0.25) is 4.34 Å². The second-order valence-corrected chi connectivity index (χ2v) is 10.6. The van der Waals surface area contributed by atoms with Crippen molar-refractivity contribution in [2.24, 2.45) is 5.73 Å². The number of nitrogens with two attached hydrogens (primary N) is 1. The predicted octanol–water partition coefficient (Wildman–Crippen LogP) is 4.69. The Hall–Kier alpha value is -1.21. The lowest BCUT2D eigenvalue weighted by atomic mass is 10.1. The Morgan fingerprint density at radius 1 is 1.28 bits per heavy atom. The normalized spacial score (nSPS) is 13.6. The summed E-state index contributed by atoms with van der Waals surface area (Å²) in [7, 11) is -4.45. The van der Waals surface area contributed by atoms with E-state index in [0.29, 0.717) is 15.6 Å². The highest BCUT2D eigenvalue weighted by atomic mass is 79.9. The molecule has 0 saturated heterocycles. The van der Waals surface area contributed by atoms with Gasteiger partial charge in [-0.1, -0.05) is 17.7 Å². The van der Waals surface area contributed by atoms with Crippen LogP contribution < -0.4 is 5.73 Å². The number of primary amides is 1. The molecule has 0 unspecified atom stereocenters. The van der Waals surface area contributed by atoms with Crippen LogP contribution in [0.1, 0.15) is 18.4 Å². The van der Waals surface area contributed by atoms with Crippen molar-refractivity contribution >= 4 is 54.8 Å². The summed E-state index contributed by atoms with van der Waals surface area (Å²) >= 11 is 9.40. The number of alkyl halides is 3. The molecule has 0 spiro atoms. The van der Waals surface area contributed by atoms with Crippen molar-refractivity contribution < 1.29 is 30.8 Å². The molecule has 0 fully saturated rings. The minimum Gasteiger partial charge on any atom is -0.368 e. The molecule has 160 valence electrons. The monoisotopic (exact) mass is 536 g/mol. The van der Waals surface area contributed by atoms with E-state index in [0.717, 1.165) is 6.07 Å². The topological polar surface area (TPSA) is 80.5 Å². The molecule has 0 saturated carbocycles.